The number of nitrogens with two attached hydrogens (primary N) is 1. The third-order valence-electron chi connectivity index (χ3n) is 7.29. The number of ketones is 2. The van der Waals surface area contributed by atoms with Gasteiger partial charge in [-0.3, -0.25) is 14.4 Å². The number of primary amides is 1. The molecule has 7 atom stereocenters. The number of carbonyl (C=O) groups is 4. The molecule has 0 saturated heterocycles. The number of nitrogens with one attached hydrogen (secondary N) is 1. The van der Waals surface area contributed by atoms with Crippen molar-refractivity contribution < 1.29 is 38.1 Å². The van der Waals surface area contributed by atoms with Crippen molar-refractivity contribution >= 4 is 23.6 Å². The van der Waals surface area contributed by atoms with Gasteiger partial charge in [0.1, 0.15) is 6.10 Å². The lowest BCUT2D eigenvalue weighted by atomic mass is 9.83. The van der Waals surface area contributed by atoms with E-state index in [1.54, 1.807) is 39.4 Å². The highest BCUT2D eigenvalue weighted by Gasteiger charge is 2.36. The average Bonchev–Trinajstić information content (AvgIpc) is 2.88. The van der Waals surface area contributed by atoms with Crippen molar-refractivity contribution in [2.24, 2.45) is 23.5 Å². The van der Waals surface area contributed by atoms with Crippen molar-refractivity contribution in [2.75, 3.05) is 21.3 Å². The first-order chi connectivity index (χ1) is 18.8. The molecule has 0 aromatic carbocycles. The summed E-state index contributed by atoms with van der Waals surface area (Å²) >= 11 is 0. The molecule has 10 nitrogen and oxygen atoms in total. The zero-order chi connectivity index (χ0) is 30.1. The van der Waals surface area contributed by atoms with Gasteiger partial charge in [0.2, 0.25) is 5.78 Å². The van der Waals surface area contributed by atoms with E-state index in [0.29, 0.717) is 12.0 Å². The van der Waals surface area contributed by atoms with Crippen molar-refractivity contribution in [3.63, 3.8) is 0 Å². The summed E-state index contributed by atoms with van der Waals surface area (Å²) in [4.78, 5) is 50.5. The van der Waals surface area contributed by atoms with Gasteiger partial charge in [0.05, 0.1) is 24.0 Å². The maximum Gasteiger partial charge on any atom is 0.405 e. The number of Topliss-reactive ketones (excluding diaryl/α,β-unsaturated/α-hetero) is 1. The van der Waals surface area contributed by atoms with Crippen LogP contribution in [0.2, 0.25) is 0 Å². The maximum absolute atomic E-state index is 13.4. The largest absolute Gasteiger partial charge is 0.441 e. The molecule has 3 N–H and O–H groups in total. The van der Waals surface area contributed by atoms with Gasteiger partial charge in [-0.2, -0.15) is 0 Å². The van der Waals surface area contributed by atoms with Crippen LogP contribution in [0.4, 0.5) is 4.79 Å². The lowest BCUT2D eigenvalue weighted by Crippen LogP contribution is -2.40. The van der Waals surface area contributed by atoms with Gasteiger partial charge in [-0.25, -0.2) is 4.79 Å². The molecular formula is C30H42N2O8. The number of carbonyl (C=O) groups excluding carboxylic acids is 4. The SMILES string of the molecule is CO[C@H]1[C@@H](OC)C[C@H](C)[C@@H](OC)C2=CC(=O)C=C(NC(=O)/C(C)=C/C=C\[C@H](C)C(OC(N)=O)/C(C)=C/[C@@H]1C)C2=O. The minimum absolute atomic E-state index is 0.119. The molecule has 2 rings (SSSR count). The molecule has 10 heteroatoms. The summed E-state index contributed by atoms with van der Waals surface area (Å²) in [6.45, 7) is 9.17. The number of ether oxygens (including phenoxy) is 4. The van der Waals surface area contributed by atoms with Crippen LogP contribution in [-0.4, -0.2) is 69.3 Å². The number of rotatable bonds is 4. The predicted molar refractivity (Wildman–Crippen MR) is 150 cm³/mol. The average molecular weight is 559 g/mol. The summed E-state index contributed by atoms with van der Waals surface area (Å²) in [6, 6.07) is 0. The monoisotopic (exact) mass is 558 g/mol. The van der Waals surface area contributed by atoms with Crippen LogP contribution in [0.25, 0.3) is 0 Å². The van der Waals surface area contributed by atoms with Gasteiger partial charge in [0, 0.05) is 50.4 Å². The van der Waals surface area contributed by atoms with Gasteiger partial charge in [-0.05, 0) is 37.8 Å². The molecule has 1 aliphatic heterocycles. The quantitative estimate of drug-likeness (QED) is 0.395. The van der Waals surface area contributed by atoms with Crippen molar-refractivity contribution in [1.82, 2.24) is 5.32 Å². The first-order valence-corrected chi connectivity index (χ1v) is 13.3. The Bertz CT molecular complexity index is 1130. The molecule has 0 aromatic rings. The van der Waals surface area contributed by atoms with Gasteiger partial charge in [-0.1, -0.05) is 45.1 Å². The third-order valence-corrected chi connectivity index (χ3v) is 7.29. The van der Waals surface area contributed by atoms with Crippen LogP contribution in [0, 0.1) is 17.8 Å². The minimum atomic E-state index is -0.902. The van der Waals surface area contributed by atoms with E-state index in [9.17, 15) is 19.2 Å². The lowest BCUT2D eigenvalue weighted by molar-refractivity contribution is -0.120. The molecule has 2 amide bonds. The van der Waals surface area contributed by atoms with Gasteiger partial charge >= 0.3 is 6.09 Å². The highest BCUT2D eigenvalue weighted by atomic mass is 16.6. The molecule has 0 aromatic heterocycles. The van der Waals surface area contributed by atoms with Crippen molar-refractivity contribution in [1.29, 1.82) is 0 Å². The highest BCUT2D eigenvalue weighted by molar-refractivity contribution is 6.22. The van der Waals surface area contributed by atoms with Crippen molar-refractivity contribution in [3.05, 3.63) is 58.9 Å². The Kier molecular flexibility index (Phi) is 12.2. The number of allylic oxidation sites excluding steroid dienone is 5. The van der Waals surface area contributed by atoms with E-state index in [4.69, 9.17) is 24.7 Å². The first-order valence-electron chi connectivity index (χ1n) is 13.3. The van der Waals surface area contributed by atoms with Crippen molar-refractivity contribution in [2.45, 2.75) is 65.5 Å². The fraction of sp³-hybridized carbons (Fsp3) is 0.533. The standard InChI is InChI=1S/C30H42N2O8/c1-16-10-9-11-17(2)29(35)32-23-15-21(33)14-22(25(23)34)27(38-7)20(5)13-24(37-6)28(39-8)19(4)12-18(3)26(16)40-30(31)36/h9-12,14-16,19-20,24,26-28H,13H2,1-8H3,(H2,31,36)(H,32,35)/b10-9-,17-11+,18-12+/t16-,19-,20-,24-,26?,27+,28+/m0/s1. The molecule has 220 valence electrons. The fourth-order valence-corrected chi connectivity index (χ4v) is 5.27. The number of fused-ring (bicyclic) bond motifs is 2. The van der Waals surface area contributed by atoms with Crippen LogP contribution in [0.15, 0.2) is 58.9 Å². The fourth-order valence-electron chi connectivity index (χ4n) is 5.27. The zero-order valence-corrected chi connectivity index (χ0v) is 24.6. The first kappa shape index (κ1) is 32.9. The molecule has 0 radical (unpaired) electrons. The predicted octanol–water partition coefficient (Wildman–Crippen LogP) is 3.33. The second-order valence-corrected chi connectivity index (χ2v) is 10.4. The van der Waals surface area contributed by atoms with E-state index in [0.717, 1.165) is 11.6 Å². The Morgan fingerprint density at radius 1 is 0.950 bits per heavy atom. The molecule has 1 unspecified atom stereocenters. The summed E-state index contributed by atoms with van der Waals surface area (Å²) in [5.41, 5.74) is 6.49. The van der Waals surface area contributed by atoms with Gasteiger partial charge in [-0.15, -0.1) is 0 Å². The summed E-state index contributed by atoms with van der Waals surface area (Å²) in [7, 11) is 4.64. The Morgan fingerprint density at radius 2 is 1.62 bits per heavy atom. The number of hydrogen-bond acceptors (Lipinski definition) is 8. The number of amides is 2. The van der Waals surface area contributed by atoms with E-state index in [1.165, 1.54) is 13.2 Å². The molecule has 0 fully saturated rings. The third kappa shape index (κ3) is 8.33. The highest BCUT2D eigenvalue weighted by Crippen LogP contribution is 2.30. The van der Waals surface area contributed by atoms with E-state index in [-0.39, 0.29) is 29.0 Å². The second-order valence-electron chi connectivity index (χ2n) is 10.4. The van der Waals surface area contributed by atoms with Gasteiger partial charge in [0.15, 0.2) is 5.78 Å². The Labute approximate surface area is 236 Å². The van der Waals surface area contributed by atoms with Crippen LogP contribution in [-0.2, 0) is 33.3 Å². The molecule has 0 saturated carbocycles. The number of hydrogen-bond donors (Lipinski definition) is 2. The molecule has 0 spiro atoms. The Balaban J connectivity index is 2.62. The summed E-state index contributed by atoms with van der Waals surface area (Å²) in [5.74, 6) is -2.19. The van der Waals surface area contributed by atoms with Crippen LogP contribution in [0.5, 0.6) is 0 Å². The molecule has 40 heavy (non-hydrogen) atoms. The minimum Gasteiger partial charge on any atom is -0.441 e. The van der Waals surface area contributed by atoms with E-state index < -0.39 is 48.0 Å². The summed E-state index contributed by atoms with van der Waals surface area (Å²) in [5, 5.41) is 2.56. The van der Waals surface area contributed by atoms with Crippen LogP contribution < -0.4 is 11.1 Å². The van der Waals surface area contributed by atoms with E-state index in [2.05, 4.69) is 5.32 Å². The van der Waals surface area contributed by atoms with Crippen LogP contribution in [0.1, 0.15) is 41.0 Å². The Morgan fingerprint density at radius 3 is 2.20 bits per heavy atom. The molecule has 2 bridgehead atoms. The topological polar surface area (TPSA) is 143 Å². The van der Waals surface area contributed by atoms with E-state index in [1.807, 2.05) is 33.8 Å². The van der Waals surface area contributed by atoms with E-state index >= 15 is 0 Å². The smallest absolute Gasteiger partial charge is 0.405 e. The normalized spacial score (nSPS) is 34.4. The van der Waals surface area contributed by atoms with Gasteiger partial charge in [0.25, 0.3) is 5.91 Å². The van der Waals surface area contributed by atoms with Crippen molar-refractivity contribution in [3.8, 4) is 0 Å². The molecule has 1 aliphatic carbocycles. The zero-order valence-electron chi connectivity index (χ0n) is 24.6. The second kappa shape index (κ2) is 14.9. The summed E-state index contributed by atoms with van der Waals surface area (Å²) < 4.78 is 22.9. The summed E-state index contributed by atoms with van der Waals surface area (Å²) in [6.07, 6.45) is 6.65. The van der Waals surface area contributed by atoms with Crippen LogP contribution in [0.3, 0.4) is 0 Å². The molecule has 2 aliphatic rings. The number of methoxy groups -OCH3 is 3. The lowest BCUT2D eigenvalue weighted by Gasteiger charge is -2.34. The van der Waals surface area contributed by atoms with Gasteiger partial charge < -0.3 is 30.0 Å². The van der Waals surface area contributed by atoms with Crippen LogP contribution >= 0.6 is 0 Å². The molecular weight excluding hydrogens is 516 g/mol. The maximum atomic E-state index is 13.4. The molecule has 1 heterocycles. The Hall–Kier alpha value is -3.34.